The van der Waals surface area contributed by atoms with Gasteiger partial charge in [-0.2, -0.15) is 0 Å². The van der Waals surface area contributed by atoms with Crippen LogP contribution in [0.15, 0.2) is 36.7 Å². The summed E-state index contributed by atoms with van der Waals surface area (Å²) < 4.78 is 12.9. The molecule has 1 fully saturated rings. The molecule has 0 bridgehead atoms. The second-order valence-corrected chi connectivity index (χ2v) is 6.29. The van der Waals surface area contributed by atoms with Gasteiger partial charge in [0.2, 0.25) is 11.9 Å². The van der Waals surface area contributed by atoms with Crippen molar-refractivity contribution < 1.29 is 9.18 Å². The fraction of sp³-hybridized carbons (Fsp3) is 0.389. The van der Waals surface area contributed by atoms with E-state index < -0.39 is 0 Å². The highest BCUT2D eigenvalue weighted by atomic mass is 19.1. The molecule has 0 spiro atoms. The number of hydrogen-bond donors (Lipinski definition) is 1. The summed E-state index contributed by atoms with van der Waals surface area (Å²) in [6, 6.07) is 5.90. The molecular formula is C18H21FN4O. The van der Waals surface area contributed by atoms with Gasteiger partial charge in [-0.05, 0) is 36.5 Å². The monoisotopic (exact) mass is 328 g/mol. The van der Waals surface area contributed by atoms with Crippen molar-refractivity contribution in [3.63, 3.8) is 0 Å². The highest BCUT2D eigenvalue weighted by molar-refractivity contribution is 5.91. The summed E-state index contributed by atoms with van der Waals surface area (Å²) >= 11 is 0. The molecule has 0 saturated carbocycles. The summed E-state index contributed by atoms with van der Waals surface area (Å²) in [5.74, 6) is 0.977. The fourth-order valence-electron chi connectivity index (χ4n) is 2.75. The molecular weight excluding hydrogens is 307 g/mol. The number of carbonyl (C=O) groups excluding carboxylic acids is 1. The van der Waals surface area contributed by atoms with Crippen molar-refractivity contribution in [1.29, 1.82) is 0 Å². The van der Waals surface area contributed by atoms with Gasteiger partial charge in [0.1, 0.15) is 5.82 Å². The number of halogens is 1. The molecule has 24 heavy (non-hydrogen) atoms. The largest absolute Gasteiger partial charge is 0.341 e. The zero-order valence-electron chi connectivity index (χ0n) is 13.7. The minimum Gasteiger partial charge on any atom is -0.341 e. The molecule has 1 aromatic carbocycles. The predicted octanol–water partition coefficient (Wildman–Crippen LogP) is 3.03. The van der Waals surface area contributed by atoms with Crippen LogP contribution in [0.5, 0.6) is 0 Å². The Bertz CT molecular complexity index is 679. The van der Waals surface area contributed by atoms with Crippen LogP contribution in [0.1, 0.15) is 25.3 Å². The molecule has 3 rings (SSSR count). The van der Waals surface area contributed by atoms with Crippen LogP contribution in [-0.2, 0) is 11.2 Å². The molecule has 1 aliphatic heterocycles. The third kappa shape index (κ3) is 4.28. The zero-order valence-corrected chi connectivity index (χ0v) is 13.7. The second-order valence-electron chi connectivity index (χ2n) is 6.29. The molecule has 1 aromatic heterocycles. The molecule has 2 heterocycles. The number of nitrogens with one attached hydrogen (secondary N) is 1. The van der Waals surface area contributed by atoms with E-state index in [1.165, 1.54) is 12.1 Å². The van der Waals surface area contributed by atoms with Crippen LogP contribution in [0.4, 0.5) is 16.0 Å². The molecule has 1 saturated heterocycles. The standard InChI is InChI=1S/C18H21FN4O/c1-13-6-8-23(9-7-13)18-20-11-16(12-21-18)22-17(24)10-14-2-4-15(19)5-3-14/h2-5,11-13H,6-10H2,1H3,(H,22,24). The molecule has 5 nitrogen and oxygen atoms in total. The Kier molecular flexibility index (Phi) is 5.03. The minimum atomic E-state index is -0.310. The lowest BCUT2D eigenvalue weighted by atomic mass is 10.00. The number of amides is 1. The van der Waals surface area contributed by atoms with Crippen molar-refractivity contribution >= 4 is 17.5 Å². The Morgan fingerprint density at radius 2 is 1.83 bits per heavy atom. The summed E-state index contributed by atoms with van der Waals surface area (Å²) in [6.45, 7) is 4.20. The Hall–Kier alpha value is -2.50. The van der Waals surface area contributed by atoms with Gasteiger partial charge in [-0.25, -0.2) is 14.4 Å². The molecule has 2 aromatic rings. The van der Waals surface area contributed by atoms with Crippen molar-refractivity contribution in [2.75, 3.05) is 23.3 Å². The molecule has 0 atom stereocenters. The average molecular weight is 328 g/mol. The second kappa shape index (κ2) is 7.38. The molecule has 0 radical (unpaired) electrons. The highest BCUT2D eigenvalue weighted by Crippen LogP contribution is 2.20. The molecule has 1 amide bonds. The van der Waals surface area contributed by atoms with E-state index in [1.807, 2.05) is 0 Å². The minimum absolute atomic E-state index is 0.176. The molecule has 1 N–H and O–H groups in total. The van der Waals surface area contributed by atoms with Gasteiger partial charge < -0.3 is 10.2 Å². The van der Waals surface area contributed by atoms with E-state index in [2.05, 4.69) is 27.1 Å². The maximum atomic E-state index is 12.9. The summed E-state index contributed by atoms with van der Waals surface area (Å²) in [4.78, 5) is 22.9. The number of rotatable bonds is 4. The first-order chi connectivity index (χ1) is 11.6. The average Bonchev–Trinajstić information content (AvgIpc) is 2.58. The SMILES string of the molecule is CC1CCN(c2ncc(NC(=O)Cc3ccc(F)cc3)cn2)CC1. The van der Waals surface area contributed by atoms with Crippen LogP contribution in [-0.4, -0.2) is 29.0 Å². The van der Waals surface area contributed by atoms with Crippen molar-refractivity contribution in [2.24, 2.45) is 5.92 Å². The zero-order chi connectivity index (χ0) is 16.9. The van der Waals surface area contributed by atoms with Gasteiger partial charge in [0.25, 0.3) is 0 Å². The maximum absolute atomic E-state index is 12.9. The number of benzene rings is 1. The fourth-order valence-corrected chi connectivity index (χ4v) is 2.75. The number of hydrogen-bond acceptors (Lipinski definition) is 4. The van der Waals surface area contributed by atoms with Crippen molar-refractivity contribution in [3.05, 3.63) is 48.0 Å². The summed E-state index contributed by atoms with van der Waals surface area (Å²) in [5, 5.41) is 2.77. The van der Waals surface area contributed by atoms with E-state index in [1.54, 1.807) is 24.5 Å². The van der Waals surface area contributed by atoms with Gasteiger partial charge in [-0.15, -0.1) is 0 Å². The van der Waals surface area contributed by atoms with Gasteiger partial charge in [0.15, 0.2) is 0 Å². The Morgan fingerprint density at radius 3 is 2.46 bits per heavy atom. The van der Waals surface area contributed by atoms with E-state index >= 15 is 0 Å². The quantitative estimate of drug-likeness (QED) is 0.937. The van der Waals surface area contributed by atoms with E-state index in [0.717, 1.165) is 37.4 Å². The molecule has 6 heteroatoms. The van der Waals surface area contributed by atoms with Gasteiger partial charge in [-0.3, -0.25) is 4.79 Å². The number of carbonyl (C=O) groups is 1. The van der Waals surface area contributed by atoms with Crippen LogP contribution in [0.2, 0.25) is 0 Å². The van der Waals surface area contributed by atoms with Crippen LogP contribution in [0.3, 0.4) is 0 Å². The first-order valence-electron chi connectivity index (χ1n) is 8.21. The Balaban J connectivity index is 1.55. The van der Waals surface area contributed by atoms with E-state index in [9.17, 15) is 9.18 Å². The normalized spacial score (nSPS) is 15.3. The predicted molar refractivity (Wildman–Crippen MR) is 91.4 cm³/mol. The van der Waals surface area contributed by atoms with Crippen LogP contribution in [0.25, 0.3) is 0 Å². The summed E-state index contributed by atoms with van der Waals surface area (Å²) in [5.41, 5.74) is 1.32. The van der Waals surface area contributed by atoms with E-state index in [4.69, 9.17) is 0 Å². The molecule has 1 aliphatic rings. The van der Waals surface area contributed by atoms with Crippen molar-refractivity contribution in [2.45, 2.75) is 26.2 Å². The lowest BCUT2D eigenvalue weighted by molar-refractivity contribution is -0.115. The topological polar surface area (TPSA) is 58.1 Å². The number of piperidine rings is 1. The van der Waals surface area contributed by atoms with Gasteiger partial charge in [-0.1, -0.05) is 19.1 Å². The summed E-state index contributed by atoms with van der Waals surface area (Å²) in [6.07, 6.45) is 5.75. The van der Waals surface area contributed by atoms with E-state index in [-0.39, 0.29) is 18.1 Å². The Labute approximate surface area is 140 Å². The number of aromatic nitrogens is 2. The first-order valence-corrected chi connectivity index (χ1v) is 8.21. The van der Waals surface area contributed by atoms with Gasteiger partial charge in [0, 0.05) is 13.1 Å². The highest BCUT2D eigenvalue weighted by Gasteiger charge is 2.17. The van der Waals surface area contributed by atoms with Gasteiger partial charge in [0.05, 0.1) is 24.5 Å². The van der Waals surface area contributed by atoms with Crippen LogP contribution < -0.4 is 10.2 Å². The van der Waals surface area contributed by atoms with Crippen LogP contribution in [0, 0.1) is 11.7 Å². The first kappa shape index (κ1) is 16.4. The molecule has 0 aliphatic carbocycles. The third-order valence-electron chi connectivity index (χ3n) is 4.27. The van der Waals surface area contributed by atoms with E-state index in [0.29, 0.717) is 11.6 Å². The lowest BCUT2D eigenvalue weighted by Gasteiger charge is -2.30. The molecule has 0 unspecified atom stereocenters. The summed E-state index contributed by atoms with van der Waals surface area (Å²) in [7, 11) is 0. The number of anilines is 2. The maximum Gasteiger partial charge on any atom is 0.228 e. The van der Waals surface area contributed by atoms with Crippen molar-refractivity contribution in [3.8, 4) is 0 Å². The lowest BCUT2D eigenvalue weighted by Crippen LogP contribution is -2.34. The number of nitrogens with zero attached hydrogens (tertiary/aromatic N) is 3. The van der Waals surface area contributed by atoms with Gasteiger partial charge >= 0.3 is 0 Å². The molecule has 126 valence electrons. The van der Waals surface area contributed by atoms with Crippen molar-refractivity contribution in [1.82, 2.24) is 9.97 Å². The Morgan fingerprint density at radius 1 is 1.21 bits per heavy atom. The third-order valence-corrected chi connectivity index (χ3v) is 4.27. The smallest absolute Gasteiger partial charge is 0.228 e. The van der Waals surface area contributed by atoms with Crippen LogP contribution >= 0.6 is 0 Å².